The van der Waals surface area contributed by atoms with E-state index in [0.717, 1.165) is 58.4 Å². The van der Waals surface area contributed by atoms with E-state index in [1.165, 1.54) is 11.1 Å². The normalized spacial score (nSPS) is 17.9. The molecule has 47 heavy (non-hydrogen) atoms. The Morgan fingerprint density at radius 1 is 0.766 bits per heavy atom. The molecule has 3 aromatic carbocycles. The van der Waals surface area contributed by atoms with Crippen molar-refractivity contribution in [2.24, 2.45) is 0 Å². The molecule has 0 spiro atoms. The molecule has 0 saturated heterocycles. The second-order valence-corrected chi connectivity index (χ2v) is 12.4. The van der Waals surface area contributed by atoms with Crippen molar-refractivity contribution in [2.75, 3.05) is 0 Å². The number of aliphatic hydroxyl groups excluding tert-OH is 2. The van der Waals surface area contributed by atoms with Crippen LogP contribution in [-0.2, 0) is 30.9 Å². The van der Waals surface area contributed by atoms with E-state index < -0.39 is 42.1 Å². The maximum Gasteiger partial charge on any atom is 0.333 e. The summed E-state index contributed by atoms with van der Waals surface area (Å²) < 4.78 is 23.6. The highest BCUT2D eigenvalue weighted by atomic mass is 16.7. The number of fused-ring (bicyclic) bond motifs is 1. The summed E-state index contributed by atoms with van der Waals surface area (Å²) in [4.78, 5) is 24.3. The van der Waals surface area contributed by atoms with E-state index in [1.54, 1.807) is 13.8 Å². The average molecular weight is 643 g/mol. The minimum Gasteiger partial charge on any atom is -0.454 e. The standard InChI is InChI=1S/C39H46O8/c1-9-33(42)46-35(21-25(5)40)44-31-17-15-23(3)37(27(31)7)39(20-19-29-13-11-12-14-30(29)39)38-24(4)16-18-32(28(38)8)45-36(22-26(6)41)47-34(43)10-2/h9-18,25-26,35-36,40-41H,1-2,19-22H2,3-8H3. The molecule has 2 N–H and O–H groups in total. The first kappa shape index (κ1) is 35.5. The van der Waals surface area contributed by atoms with E-state index in [1.807, 2.05) is 38.1 Å². The molecule has 1 aliphatic carbocycles. The van der Waals surface area contributed by atoms with Gasteiger partial charge in [-0.25, -0.2) is 9.59 Å². The van der Waals surface area contributed by atoms with Crippen LogP contribution in [0.2, 0.25) is 0 Å². The maximum atomic E-state index is 12.1. The number of esters is 2. The molecule has 8 heteroatoms. The highest BCUT2D eigenvalue weighted by Crippen LogP contribution is 2.54. The summed E-state index contributed by atoms with van der Waals surface area (Å²) >= 11 is 0. The van der Waals surface area contributed by atoms with E-state index in [4.69, 9.17) is 18.9 Å². The van der Waals surface area contributed by atoms with E-state index >= 15 is 0 Å². The molecule has 8 nitrogen and oxygen atoms in total. The molecule has 0 aliphatic heterocycles. The lowest BCUT2D eigenvalue weighted by molar-refractivity contribution is -0.162. The first-order valence-electron chi connectivity index (χ1n) is 16.0. The number of carbonyl (C=O) groups is 2. The van der Waals surface area contributed by atoms with Crippen molar-refractivity contribution in [3.05, 3.63) is 118 Å². The largest absolute Gasteiger partial charge is 0.454 e. The Balaban J connectivity index is 1.93. The van der Waals surface area contributed by atoms with E-state index in [2.05, 4.69) is 51.3 Å². The number of rotatable bonds is 14. The predicted molar refractivity (Wildman–Crippen MR) is 180 cm³/mol. The van der Waals surface area contributed by atoms with Crippen LogP contribution in [0.3, 0.4) is 0 Å². The average Bonchev–Trinajstić information content (AvgIpc) is 3.38. The van der Waals surface area contributed by atoms with Crippen molar-refractivity contribution in [1.82, 2.24) is 0 Å². The van der Waals surface area contributed by atoms with Crippen LogP contribution in [0.25, 0.3) is 0 Å². The smallest absolute Gasteiger partial charge is 0.333 e. The van der Waals surface area contributed by atoms with Crippen LogP contribution in [0.5, 0.6) is 11.5 Å². The third-order valence-electron chi connectivity index (χ3n) is 8.76. The fraction of sp³-hybridized carbons (Fsp3) is 0.385. The third kappa shape index (κ3) is 7.61. The van der Waals surface area contributed by atoms with Gasteiger partial charge in [-0.15, -0.1) is 0 Å². The summed E-state index contributed by atoms with van der Waals surface area (Å²) in [6.07, 6.45) is 0.329. The first-order chi connectivity index (χ1) is 22.3. The van der Waals surface area contributed by atoms with Gasteiger partial charge in [0, 0.05) is 30.4 Å². The minimum absolute atomic E-state index is 0.0812. The third-order valence-corrected chi connectivity index (χ3v) is 8.76. The highest BCUT2D eigenvalue weighted by Gasteiger charge is 2.46. The highest BCUT2D eigenvalue weighted by molar-refractivity contribution is 5.81. The number of hydrogen-bond donors (Lipinski definition) is 2. The lowest BCUT2D eigenvalue weighted by atomic mass is 9.65. The van der Waals surface area contributed by atoms with E-state index in [0.29, 0.717) is 11.5 Å². The number of ether oxygens (including phenoxy) is 4. The summed E-state index contributed by atoms with van der Waals surface area (Å²) in [7, 11) is 0. The molecule has 4 rings (SSSR count). The van der Waals surface area contributed by atoms with Crippen LogP contribution in [0.15, 0.2) is 73.8 Å². The number of hydrogen-bond acceptors (Lipinski definition) is 8. The predicted octanol–water partition coefficient (Wildman–Crippen LogP) is 6.61. The zero-order valence-corrected chi connectivity index (χ0v) is 28.2. The van der Waals surface area contributed by atoms with Gasteiger partial charge >= 0.3 is 11.9 Å². The molecular formula is C39H46O8. The van der Waals surface area contributed by atoms with Gasteiger partial charge < -0.3 is 29.2 Å². The molecule has 3 aromatic rings. The summed E-state index contributed by atoms with van der Waals surface area (Å²) in [5.41, 5.74) is 7.78. The Kier molecular flexibility index (Phi) is 11.3. The van der Waals surface area contributed by atoms with Crippen LogP contribution in [0.1, 0.15) is 77.6 Å². The Labute approximate surface area is 277 Å². The Morgan fingerprint density at radius 3 is 1.64 bits per heavy atom. The van der Waals surface area contributed by atoms with Crippen LogP contribution in [-0.4, -0.2) is 46.9 Å². The van der Waals surface area contributed by atoms with Crippen molar-refractivity contribution < 1.29 is 38.7 Å². The number of aliphatic hydroxyl groups is 2. The van der Waals surface area contributed by atoms with Crippen molar-refractivity contribution in [1.29, 1.82) is 0 Å². The van der Waals surface area contributed by atoms with Gasteiger partial charge in [0.05, 0.1) is 12.2 Å². The molecule has 0 aromatic heterocycles. The lowest BCUT2D eigenvalue weighted by Crippen LogP contribution is -2.32. The second-order valence-electron chi connectivity index (χ2n) is 12.4. The second kappa shape index (κ2) is 15.0. The SMILES string of the molecule is C=CC(=O)OC(CC(C)O)Oc1ccc(C)c(C2(c3c(C)ccc(OC(CC(C)O)OC(=O)C=C)c3C)CCc3ccccc32)c1C. The van der Waals surface area contributed by atoms with Gasteiger partial charge in [0.25, 0.3) is 0 Å². The Hall–Kier alpha value is -4.40. The van der Waals surface area contributed by atoms with Crippen molar-refractivity contribution in [3.8, 4) is 11.5 Å². The first-order valence-corrected chi connectivity index (χ1v) is 16.0. The van der Waals surface area contributed by atoms with Crippen LogP contribution in [0, 0.1) is 27.7 Å². The molecular weight excluding hydrogens is 596 g/mol. The topological polar surface area (TPSA) is 112 Å². The van der Waals surface area contributed by atoms with Crippen molar-refractivity contribution in [3.63, 3.8) is 0 Å². The Morgan fingerprint density at radius 2 is 1.21 bits per heavy atom. The van der Waals surface area contributed by atoms with Gasteiger partial charge in [-0.3, -0.25) is 0 Å². The van der Waals surface area contributed by atoms with Gasteiger partial charge in [-0.2, -0.15) is 0 Å². The number of carbonyl (C=O) groups excluding carboxylic acids is 2. The quantitative estimate of drug-likeness (QED) is 0.115. The zero-order chi connectivity index (χ0) is 34.5. The molecule has 0 heterocycles. The van der Waals surface area contributed by atoms with Gasteiger partial charge in [0.15, 0.2) is 0 Å². The van der Waals surface area contributed by atoms with Gasteiger partial charge in [0.1, 0.15) is 11.5 Å². The van der Waals surface area contributed by atoms with Gasteiger partial charge in [0.2, 0.25) is 12.6 Å². The summed E-state index contributed by atoms with van der Waals surface area (Å²) in [6.45, 7) is 18.4. The number of aryl methyl sites for hydroxylation is 3. The molecule has 0 radical (unpaired) electrons. The van der Waals surface area contributed by atoms with Gasteiger partial charge in [-0.1, -0.05) is 49.6 Å². The summed E-state index contributed by atoms with van der Waals surface area (Å²) in [5, 5.41) is 20.3. The monoisotopic (exact) mass is 642 g/mol. The fourth-order valence-electron chi connectivity index (χ4n) is 6.92. The van der Waals surface area contributed by atoms with Crippen LogP contribution >= 0.6 is 0 Å². The lowest BCUT2D eigenvalue weighted by Gasteiger charge is -2.38. The fourth-order valence-corrected chi connectivity index (χ4v) is 6.92. The Bertz CT molecular complexity index is 1540. The number of benzene rings is 3. The zero-order valence-electron chi connectivity index (χ0n) is 28.2. The maximum absolute atomic E-state index is 12.1. The molecule has 0 bridgehead atoms. The van der Waals surface area contributed by atoms with E-state index in [-0.39, 0.29) is 12.8 Å². The summed E-state index contributed by atoms with van der Waals surface area (Å²) in [6, 6.07) is 16.2. The van der Waals surface area contributed by atoms with Crippen molar-refractivity contribution >= 4 is 11.9 Å². The van der Waals surface area contributed by atoms with Crippen LogP contribution in [0.4, 0.5) is 0 Å². The van der Waals surface area contributed by atoms with Crippen LogP contribution < -0.4 is 9.47 Å². The molecule has 0 fully saturated rings. The molecule has 0 amide bonds. The minimum atomic E-state index is -1.02. The molecule has 4 unspecified atom stereocenters. The van der Waals surface area contributed by atoms with Gasteiger partial charge in [-0.05, 0) is 111 Å². The van der Waals surface area contributed by atoms with Crippen molar-refractivity contribution in [2.45, 2.75) is 97.4 Å². The molecule has 250 valence electrons. The van der Waals surface area contributed by atoms with E-state index in [9.17, 15) is 19.8 Å². The molecule has 0 saturated carbocycles. The molecule has 4 atom stereocenters. The summed E-state index contributed by atoms with van der Waals surface area (Å²) in [5.74, 6) is -0.212. The molecule has 1 aliphatic rings.